The van der Waals surface area contributed by atoms with Crippen LogP contribution in [0.2, 0.25) is 5.02 Å². The van der Waals surface area contributed by atoms with Crippen molar-refractivity contribution in [3.05, 3.63) is 94.0 Å². The minimum Gasteiger partial charge on any atom is -0.352 e. The molecule has 1 N–H and O–H groups in total. The first-order valence-electron chi connectivity index (χ1n) is 14.5. The molecule has 1 saturated carbocycles. The average Bonchev–Trinajstić information content (AvgIpc) is 2.97. The first-order valence-corrected chi connectivity index (χ1v) is 16.3. The number of amides is 2. The van der Waals surface area contributed by atoms with Crippen molar-refractivity contribution in [2.45, 2.75) is 83.3 Å². The third kappa shape index (κ3) is 7.72. The molecule has 224 valence electrons. The van der Waals surface area contributed by atoms with Gasteiger partial charge in [-0.05, 0) is 87.6 Å². The van der Waals surface area contributed by atoms with Gasteiger partial charge in [0, 0.05) is 17.6 Å². The molecule has 7 nitrogen and oxygen atoms in total. The summed E-state index contributed by atoms with van der Waals surface area (Å²) in [6.45, 7) is 6.95. The first-order chi connectivity index (χ1) is 20.0. The van der Waals surface area contributed by atoms with E-state index < -0.39 is 28.5 Å². The van der Waals surface area contributed by atoms with E-state index in [-0.39, 0.29) is 23.4 Å². The lowest BCUT2D eigenvalue weighted by Gasteiger charge is -2.33. The van der Waals surface area contributed by atoms with Gasteiger partial charge in [0.15, 0.2) is 0 Å². The Labute approximate surface area is 254 Å². The monoisotopic (exact) mass is 609 g/mol. The summed E-state index contributed by atoms with van der Waals surface area (Å²) in [7, 11) is -4.12. The van der Waals surface area contributed by atoms with Crippen molar-refractivity contribution in [3.63, 3.8) is 0 Å². The van der Waals surface area contributed by atoms with Crippen LogP contribution < -0.4 is 9.62 Å². The second-order valence-electron chi connectivity index (χ2n) is 11.3. The van der Waals surface area contributed by atoms with Gasteiger partial charge >= 0.3 is 0 Å². The number of benzene rings is 3. The molecule has 0 aromatic heterocycles. The van der Waals surface area contributed by atoms with Crippen LogP contribution in [0.25, 0.3) is 0 Å². The van der Waals surface area contributed by atoms with Crippen LogP contribution in [0.1, 0.15) is 61.3 Å². The third-order valence-corrected chi connectivity index (χ3v) is 9.93. The second-order valence-corrected chi connectivity index (χ2v) is 13.6. The molecule has 1 aliphatic rings. The highest BCUT2D eigenvalue weighted by atomic mass is 35.5. The number of anilines is 1. The van der Waals surface area contributed by atoms with Crippen molar-refractivity contribution >= 4 is 39.1 Å². The Morgan fingerprint density at radius 2 is 1.52 bits per heavy atom. The zero-order chi connectivity index (χ0) is 30.4. The van der Waals surface area contributed by atoms with Crippen molar-refractivity contribution in [3.8, 4) is 0 Å². The Hall–Kier alpha value is -3.36. The van der Waals surface area contributed by atoms with Gasteiger partial charge in [-0.15, -0.1) is 0 Å². The zero-order valence-corrected chi connectivity index (χ0v) is 26.3. The van der Waals surface area contributed by atoms with Gasteiger partial charge in [0.2, 0.25) is 11.8 Å². The van der Waals surface area contributed by atoms with Crippen molar-refractivity contribution in [2.75, 3.05) is 10.8 Å². The maximum absolute atomic E-state index is 14.2. The number of rotatable bonds is 10. The van der Waals surface area contributed by atoms with E-state index in [1.165, 1.54) is 9.21 Å². The predicted molar refractivity (Wildman–Crippen MR) is 168 cm³/mol. The van der Waals surface area contributed by atoms with Crippen LogP contribution in [0, 0.1) is 20.8 Å². The number of nitrogens with zero attached hydrogens (tertiary/aromatic N) is 2. The normalized spacial score (nSPS) is 14.7. The molecule has 42 heavy (non-hydrogen) atoms. The van der Waals surface area contributed by atoms with Gasteiger partial charge in [-0.3, -0.25) is 13.9 Å². The number of nitrogens with one attached hydrogen (secondary N) is 1. The molecule has 4 rings (SSSR count). The Morgan fingerprint density at radius 1 is 0.905 bits per heavy atom. The summed E-state index contributed by atoms with van der Waals surface area (Å²) >= 11 is 6.10. The molecule has 9 heteroatoms. The Balaban J connectivity index is 1.70. The largest absolute Gasteiger partial charge is 0.352 e. The summed E-state index contributed by atoms with van der Waals surface area (Å²) in [5, 5.41) is 3.69. The van der Waals surface area contributed by atoms with Gasteiger partial charge in [0.25, 0.3) is 10.0 Å². The van der Waals surface area contributed by atoms with E-state index in [1.807, 2.05) is 32.9 Å². The Kier molecular flexibility index (Phi) is 10.3. The van der Waals surface area contributed by atoms with Crippen molar-refractivity contribution in [1.82, 2.24) is 10.2 Å². The van der Waals surface area contributed by atoms with Crippen LogP contribution >= 0.6 is 11.6 Å². The van der Waals surface area contributed by atoms with Crippen molar-refractivity contribution < 1.29 is 18.0 Å². The summed E-state index contributed by atoms with van der Waals surface area (Å²) in [6.07, 6.45) is 5.12. The molecule has 3 aromatic rings. The number of sulfonamides is 1. The molecule has 0 spiro atoms. The molecular weight excluding hydrogens is 570 g/mol. The second kappa shape index (κ2) is 13.7. The minimum absolute atomic E-state index is 0.0783. The van der Waals surface area contributed by atoms with Crippen LogP contribution in [-0.2, 0) is 26.2 Å². The molecule has 0 unspecified atom stereocenters. The third-order valence-electron chi connectivity index (χ3n) is 7.91. The summed E-state index contributed by atoms with van der Waals surface area (Å²) in [4.78, 5) is 29.2. The average molecular weight is 610 g/mol. The van der Waals surface area contributed by atoms with Gasteiger partial charge < -0.3 is 10.2 Å². The smallest absolute Gasteiger partial charge is 0.264 e. The van der Waals surface area contributed by atoms with Gasteiger partial charge in [-0.25, -0.2) is 8.42 Å². The quantitative estimate of drug-likeness (QED) is 0.291. The molecule has 0 heterocycles. The van der Waals surface area contributed by atoms with Gasteiger partial charge in [0.1, 0.15) is 12.6 Å². The van der Waals surface area contributed by atoms with E-state index >= 15 is 0 Å². The zero-order valence-electron chi connectivity index (χ0n) is 24.8. The highest BCUT2D eigenvalue weighted by Gasteiger charge is 2.33. The molecule has 1 atom stereocenters. The van der Waals surface area contributed by atoms with Crippen LogP contribution in [0.15, 0.2) is 71.6 Å². The minimum atomic E-state index is -4.12. The molecule has 0 radical (unpaired) electrons. The lowest BCUT2D eigenvalue weighted by Crippen LogP contribution is -2.53. The van der Waals surface area contributed by atoms with E-state index in [9.17, 15) is 18.0 Å². The molecule has 3 aromatic carbocycles. The SMILES string of the molecule is Cc1ccc(S(=O)(=O)N(CC(=O)N(Cc2ccc(Cl)cc2)[C@H](C)C(=O)NC2CCCCC2)c2cc(C)ccc2C)cc1. The standard InChI is InChI=1S/C33H40ClN3O4S/c1-23-11-18-30(19-12-23)42(40,41)37(31-20-24(2)10-13-25(31)3)22-32(38)36(21-27-14-16-28(34)17-15-27)26(4)33(39)35-29-8-6-5-7-9-29/h10-20,26,29H,5-9,21-22H2,1-4H3,(H,35,39)/t26-/m1/s1. The number of hydrogen-bond donors (Lipinski definition) is 1. The molecule has 0 bridgehead atoms. The summed E-state index contributed by atoms with van der Waals surface area (Å²) in [6, 6.07) is 18.4. The number of carbonyl (C=O) groups excluding carboxylic acids is 2. The number of hydrogen-bond acceptors (Lipinski definition) is 4. The molecule has 2 amide bonds. The van der Waals surface area contributed by atoms with E-state index in [4.69, 9.17) is 11.6 Å². The van der Waals surface area contributed by atoms with Crippen molar-refractivity contribution in [1.29, 1.82) is 0 Å². The van der Waals surface area contributed by atoms with Gasteiger partial charge in [0.05, 0.1) is 10.6 Å². The summed E-state index contributed by atoms with van der Waals surface area (Å²) < 4.78 is 29.3. The lowest BCUT2D eigenvalue weighted by atomic mass is 9.95. The topological polar surface area (TPSA) is 86.8 Å². The first kappa shape index (κ1) is 31.6. The molecule has 0 saturated heterocycles. The maximum Gasteiger partial charge on any atom is 0.264 e. The predicted octanol–water partition coefficient (Wildman–Crippen LogP) is 6.33. The van der Waals surface area contributed by atoms with E-state index in [1.54, 1.807) is 61.5 Å². The lowest BCUT2D eigenvalue weighted by molar-refractivity contribution is -0.139. The van der Waals surface area contributed by atoms with Crippen molar-refractivity contribution in [2.24, 2.45) is 0 Å². The van der Waals surface area contributed by atoms with E-state index in [0.717, 1.165) is 54.4 Å². The van der Waals surface area contributed by atoms with Crippen LogP contribution in [0.5, 0.6) is 0 Å². The van der Waals surface area contributed by atoms with Crippen LogP contribution in [0.3, 0.4) is 0 Å². The fourth-order valence-corrected chi connectivity index (χ4v) is 6.87. The number of halogens is 1. The van der Waals surface area contributed by atoms with E-state index in [2.05, 4.69) is 5.32 Å². The number of aryl methyl sites for hydroxylation is 3. The van der Waals surface area contributed by atoms with E-state index in [0.29, 0.717) is 10.7 Å². The maximum atomic E-state index is 14.2. The highest BCUT2D eigenvalue weighted by molar-refractivity contribution is 7.92. The molecule has 1 fully saturated rings. The fourth-order valence-electron chi connectivity index (χ4n) is 5.28. The number of carbonyl (C=O) groups is 2. The fraction of sp³-hybridized carbons (Fsp3) is 0.394. The van der Waals surface area contributed by atoms with Crippen LogP contribution in [-0.4, -0.2) is 43.8 Å². The van der Waals surface area contributed by atoms with Gasteiger partial charge in [-0.2, -0.15) is 0 Å². The summed E-state index contributed by atoms with van der Waals surface area (Å²) in [5.74, 6) is -0.725. The molecular formula is C33H40ClN3O4S. The van der Waals surface area contributed by atoms with Gasteiger partial charge in [-0.1, -0.05) is 72.8 Å². The summed E-state index contributed by atoms with van der Waals surface area (Å²) in [5.41, 5.74) is 3.72. The molecule has 1 aliphatic carbocycles. The Bertz CT molecular complexity index is 1500. The highest BCUT2D eigenvalue weighted by Crippen LogP contribution is 2.29. The van der Waals surface area contributed by atoms with Crippen LogP contribution in [0.4, 0.5) is 5.69 Å². The molecule has 0 aliphatic heterocycles. The Morgan fingerprint density at radius 3 is 2.17 bits per heavy atom.